The van der Waals surface area contributed by atoms with Crippen molar-refractivity contribution < 1.29 is 19.2 Å². The summed E-state index contributed by atoms with van der Waals surface area (Å²) in [5.74, 6) is 0.346. The predicted molar refractivity (Wildman–Crippen MR) is 119 cm³/mol. The van der Waals surface area contributed by atoms with E-state index in [4.69, 9.17) is 9.47 Å². The van der Waals surface area contributed by atoms with Gasteiger partial charge in [-0.2, -0.15) is 0 Å². The van der Waals surface area contributed by atoms with Crippen LogP contribution in [0.1, 0.15) is 21.7 Å². The van der Waals surface area contributed by atoms with Gasteiger partial charge in [0.2, 0.25) is 5.82 Å². The van der Waals surface area contributed by atoms with Crippen molar-refractivity contribution in [2.45, 2.75) is 6.54 Å². The first-order valence-electron chi connectivity index (χ1n) is 9.82. The molecule has 32 heavy (non-hydrogen) atoms. The van der Waals surface area contributed by atoms with Crippen molar-refractivity contribution in [1.29, 1.82) is 0 Å². The molecule has 0 radical (unpaired) electrons. The molecule has 0 amide bonds. The summed E-state index contributed by atoms with van der Waals surface area (Å²) in [5, 5.41) is 12.2. The van der Waals surface area contributed by atoms with Crippen molar-refractivity contribution >= 4 is 34.8 Å². The standard InChI is InChI=1S/C23H20N4O5/c1-31-20-9-5-2-6-16(20)10-11-21-25-15-22(27(29)30)26(21)12-13-32-23(28)18-14-24-19-8-4-3-7-17(18)19/h2-11,14-15,24H,12-13H2,1H3/b11-10-. The average molecular weight is 432 g/mol. The summed E-state index contributed by atoms with van der Waals surface area (Å²) in [4.78, 5) is 30.6. The van der Waals surface area contributed by atoms with Crippen LogP contribution in [0, 0.1) is 10.1 Å². The van der Waals surface area contributed by atoms with Crippen LogP contribution >= 0.6 is 0 Å². The zero-order chi connectivity index (χ0) is 22.5. The normalized spacial score (nSPS) is 11.2. The van der Waals surface area contributed by atoms with E-state index in [-0.39, 0.29) is 19.0 Å². The number of H-pyrrole nitrogens is 1. The second-order valence-corrected chi connectivity index (χ2v) is 6.84. The monoisotopic (exact) mass is 432 g/mol. The topological polar surface area (TPSA) is 112 Å². The molecule has 1 N–H and O–H groups in total. The van der Waals surface area contributed by atoms with Crippen molar-refractivity contribution in [2.24, 2.45) is 0 Å². The van der Waals surface area contributed by atoms with Crippen molar-refractivity contribution in [1.82, 2.24) is 14.5 Å². The molecule has 0 aliphatic heterocycles. The Hall–Kier alpha value is -4.40. The number of nitrogens with one attached hydrogen (secondary N) is 1. The minimum atomic E-state index is -0.519. The number of carbonyl (C=O) groups is 1. The first kappa shape index (κ1) is 20.9. The summed E-state index contributed by atoms with van der Waals surface area (Å²) >= 11 is 0. The van der Waals surface area contributed by atoms with Crippen LogP contribution in [-0.2, 0) is 11.3 Å². The number of nitrogens with zero attached hydrogens (tertiary/aromatic N) is 3. The highest BCUT2D eigenvalue weighted by atomic mass is 16.6. The van der Waals surface area contributed by atoms with E-state index in [0.29, 0.717) is 17.1 Å². The summed E-state index contributed by atoms with van der Waals surface area (Å²) in [6.07, 6.45) is 6.20. The molecule has 162 valence electrons. The number of para-hydroxylation sites is 2. The maximum atomic E-state index is 12.5. The lowest BCUT2D eigenvalue weighted by molar-refractivity contribution is -0.392. The van der Waals surface area contributed by atoms with E-state index in [1.54, 1.807) is 25.5 Å². The number of esters is 1. The Morgan fingerprint density at radius 2 is 1.97 bits per heavy atom. The molecule has 2 heterocycles. The summed E-state index contributed by atoms with van der Waals surface area (Å²) in [6.45, 7) is 0.0288. The van der Waals surface area contributed by atoms with Crippen molar-refractivity contribution in [2.75, 3.05) is 13.7 Å². The van der Waals surface area contributed by atoms with Gasteiger partial charge in [0.15, 0.2) is 0 Å². The van der Waals surface area contributed by atoms with E-state index >= 15 is 0 Å². The maximum Gasteiger partial charge on any atom is 0.343 e. The molecule has 0 atom stereocenters. The van der Waals surface area contributed by atoms with E-state index in [0.717, 1.165) is 16.5 Å². The van der Waals surface area contributed by atoms with Gasteiger partial charge in [-0.05, 0) is 23.1 Å². The van der Waals surface area contributed by atoms with Gasteiger partial charge in [-0.3, -0.25) is 0 Å². The molecule has 0 aliphatic carbocycles. The molecule has 0 fully saturated rings. The molecule has 0 saturated heterocycles. The molecule has 0 unspecified atom stereocenters. The number of methoxy groups -OCH3 is 1. The van der Waals surface area contributed by atoms with Gasteiger partial charge in [-0.1, -0.05) is 36.4 Å². The van der Waals surface area contributed by atoms with E-state index in [1.807, 2.05) is 48.5 Å². The Bertz CT molecular complexity index is 1300. The molecule has 0 spiro atoms. The van der Waals surface area contributed by atoms with Crippen LogP contribution < -0.4 is 4.74 Å². The number of fused-ring (bicyclic) bond motifs is 1. The van der Waals surface area contributed by atoms with Gasteiger partial charge >= 0.3 is 11.8 Å². The van der Waals surface area contributed by atoms with Crippen molar-refractivity contribution in [3.05, 3.63) is 88.0 Å². The highest BCUT2D eigenvalue weighted by molar-refractivity contribution is 6.03. The largest absolute Gasteiger partial charge is 0.496 e. The summed E-state index contributed by atoms with van der Waals surface area (Å²) in [7, 11) is 1.57. The molecule has 2 aromatic heterocycles. The molecule has 2 aromatic carbocycles. The van der Waals surface area contributed by atoms with Gasteiger partial charge in [-0.25, -0.2) is 14.3 Å². The first-order valence-corrected chi connectivity index (χ1v) is 9.82. The molecule has 0 bridgehead atoms. The number of hydrogen-bond donors (Lipinski definition) is 1. The smallest absolute Gasteiger partial charge is 0.343 e. The third-order valence-electron chi connectivity index (χ3n) is 4.96. The van der Waals surface area contributed by atoms with E-state index < -0.39 is 10.9 Å². The Labute approximate surface area is 183 Å². The fourth-order valence-corrected chi connectivity index (χ4v) is 3.40. The van der Waals surface area contributed by atoms with Crippen LogP contribution in [0.25, 0.3) is 23.1 Å². The number of aromatic amines is 1. The molecular weight excluding hydrogens is 412 g/mol. The SMILES string of the molecule is COc1ccccc1/C=C\c1ncc([N+](=O)[O-])n1CCOC(=O)c1c[nH]c2ccccc12. The number of ether oxygens (including phenoxy) is 2. The number of hydrogen-bond acceptors (Lipinski definition) is 6. The highest BCUT2D eigenvalue weighted by Crippen LogP contribution is 2.22. The Morgan fingerprint density at radius 1 is 1.19 bits per heavy atom. The van der Waals surface area contributed by atoms with Crippen LogP contribution in [0.3, 0.4) is 0 Å². The van der Waals surface area contributed by atoms with Crippen molar-refractivity contribution in [3.8, 4) is 5.75 Å². The third kappa shape index (κ3) is 4.22. The molecular formula is C23H20N4O5. The number of rotatable bonds is 8. The van der Waals surface area contributed by atoms with Gasteiger partial charge in [-0.15, -0.1) is 0 Å². The predicted octanol–water partition coefficient (Wildman–Crippen LogP) is 4.31. The Morgan fingerprint density at radius 3 is 2.78 bits per heavy atom. The molecule has 9 nitrogen and oxygen atoms in total. The van der Waals surface area contributed by atoms with E-state index in [1.165, 1.54) is 10.8 Å². The minimum Gasteiger partial charge on any atom is -0.496 e. The quantitative estimate of drug-likeness (QED) is 0.252. The molecule has 0 saturated carbocycles. The fourth-order valence-electron chi connectivity index (χ4n) is 3.40. The number of carbonyl (C=O) groups excluding carboxylic acids is 1. The van der Waals surface area contributed by atoms with Crippen molar-refractivity contribution in [3.63, 3.8) is 0 Å². The maximum absolute atomic E-state index is 12.5. The lowest BCUT2D eigenvalue weighted by atomic mass is 10.2. The minimum absolute atomic E-state index is 0.0506. The van der Waals surface area contributed by atoms with Crippen LogP contribution in [0.5, 0.6) is 5.75 Å². The number of imidazole rings is 1. The second-order valence-electron chi connectivity index (χ2n) is 6.84. The number of nitro groups is 1. The number of benzene rings is 2. The van der Waals surface area contributed by atoms with Gasteiger partial charge < -0.3 is 24.6 Å². The zero-order valence-electron chi connectivity index (χ0n) is 17.2. The van der Waals surface area contributed by atoms with E-state index in [9.17, 15) is 14.9 Å². The lowest BCUT2D eigenvalue weighted by Gasteiger charge is -2.06. The second kappa shape index (κ2) is 9.17. The molecule has 4 aromatic rings. The zero-order valence-corrected chi connectivity index (χ0v) is 17.2. The Balaban J connectivity index is 1.50. The van der Waals surface area contributed by atoms with Crippen LogP contribution in [0.2, 0.25) is 0 Å². The van der Waals surface area contributed by atoms with Gasteiger partial charge in [0.25, 0.3) is 0 Å². The molecule has 0 aliphatic rings. The van der Waals surface area contributed by atoms with Crippen LogP contribution in [0.4, 0.5) is 5.82 Å². The molecule has 9 heteroatoms. The van der Waals surface area contributed by atoms with Gasteiger partial charge in [0.05, 0.1) is 12.7 Å². The average Bonchev–Trinajstić information content (AvgIpc) is 3.42. The van der Waals surface area contributed by atoms with Gasteiger partial charge in [0.1, 0.15) is 25.1 Å². The Kier molecular flexibility index (Phi) is 5.98. The fraction of sp³-hybridized carbons (Fsp3) is 0.130. The summed E-state index contributed by atoms with van der Waals surface area (Å²) < 4.78 is 12.1. The molecule has 4 rings (SSSR count). The van der Waals surface area contributed by atoms with E-state index in [2.05, 4.69) is 9.97 Å². The van der Waals surface area contributed by atoms with Gasteiger partial charge in [0, 0.05) is 28.7 Å². The van der Waals surface area contributed by atoms with Crippen LogP contribution in [-0.4, -0.2) is 39.1 Å². The third-order valence-corrected chi connectivity index (χ3v) is 4.96. The highest BCUT2D eigenvalue weighted by Gasteiger charge is 2.20. The summed E-state index contributed by atoms with van der Waals surface area (Å²) in [5.41, 5.74) is 2.04. The summed E-state index contributed by atoms with van der Waals surface area (Å²) in [6, 6.07) is 14.8. The number of aromatic nitrogens is 3. The van der Waals surface area contributed by atoms with Crippen LogP contribution in [0.15, 0.2) is 60.9 Å². The lowest BCUT2D eigenvalue weighted by Crippen LogP contribution is -2.13. The first-order chi connectivity index (χ1) is 15.6.